The highest BCUT2D eigenvalue weighted by atomic mass is 16.5. The maximum absolute atomic E-state index is 5.21. The Morgan fingerprint density at radius 1 is 0.967 bits per heavy atom. The molecule has 0 unspecified atom stereocenters. The van der Waals surface area contributed by atoms with E-state index in [-0.39, 0.29) is 0 Å². The summed E-state index contributed by atoms with van der Waals surface area (Å²) in [6.45, 7) is 4.27. The normalized spacial score (nSPS) is 10.7. The number of H-pyrrole nitrogens is 1. The van der Waals surface area contributed by atoms with Gasteiger partial charge < -0.3 is 14.6 Å². The van der Waals surface area contributed by atoms with Crippen LogP contribution in [0, 0.1) is 11.8 Å². The Balaban J connectivity index is 1.53. The molecule has 0 radical (unpaired) electrons. The van der Waals surface area contributed by atoms with Gasteiger partial charge in [-0.2, -0.15) is 0 Å². The summed E-state index contributed by atoms with van der Waals surface area (Å²) in [4.78, 5) is 14.6. The summed E-state index contributed by atoms with van der Waals surface area (Å²) in [5, 5.41) is 0. The number of aromatic amines is 1. The second kappa shape index (κ2) is 8.30. The van der Waals surface area contributed by atoms with E-state index in [1.165, 1.54) is 0 Å². The van der Waals surface area contributed by atoms with E-state index in [9.17, 15) is 0 Å². The van der Waals surface area contributed by atoms with Crippen LogP contribution in [-0.2, 0) is 0 Å². The van der Waals surface area contributed by atoms with Crippen LogP contribution in [0.2, 0.25) is 0 Å². The van der Waals surface area contributed by atoms with Gasteiger partial charge in [0.25, 0.3) is 0 Å². The number of anilines is 1. The number of ether oxygens (including phenoxy) is 1. The highest BCUT2D eigenvalue weighted by Gasteiger charge is 2.10. The van der Waals surface area contributed by atoms with Crippen LogP contribution in [0.25, 0.3) is 22.2 Å². The molecule has 0 saturated heterocycles. The Morgan fingerprint density at radius 2 is 1.73 bits per heavy atom. The number of hydrogen-bond acceptors (Lipinski definition) is 4. The first-order chi connectivity index (χ1) is 14.5. The topological polar surface area (TPSA) is 54.0 Å². The van der Waals surface area contributed by atoms with Gasteiger partial charge in [-0.3, -0.25) is 0 Å². The molecule has 2 aromatic heterocycles. The van der Waals surface area contributed by atoms with Crippen molar-refractivity contribution in [3.05, 3.63) is 72.1 Å². The van der Waals surface area contributed by atoms with Gasteiger partial charge in [0, 0.05) is 30.4 Å². The van der Waals surface area contributed by atoms with Gasteiger partial charge >= 0.3 is 0 Å². The molecule has 2 heterocycles. The van der Waals surface area contributed by atoms with E-state index >= 15 is 0 Å². The van der Waals surface area contributed by atoms with Crippen molar-refractivity contribution in [2.45, 2.75) is 19.9 Å². The first-order valence-electron chi connectivity index (χ1n) is 9.88. The van der Waals surface area contributed by atoms with Crippen LogP contribution in [0.5, 0.6) is 5.75 Å². The lowest BCUT2D eigenvalue weighted by molar-refractivity contribution is 0.415. The number of hydrogen-bond donors (Lipinski definition) is 1. The van der Waals surface area contributed by atoms with Gasteiger partial charge in [0.05, 0.1) is 18.1 Å². The monoisotopic (exact) mass is 396 g/mol. The van der Waals surface area contributed by atoms with Gasteiger partial charge in [0.1, 0.15) is 11.4 Å². The van der Waals surface area contributed by atoms with Crippen LogP contribution in [-0.4, -0.2) is 35.2 Å². The third-order valence-electron chi connectivity index (χ3n) is 5.10. The molecule has 1 N–H and O–H groups in total. The predicted octanol–water partition coefficient (Wildman–Crippen LogP) is 4.88. The highest BCUT2D eigenvalue weighted by molar-refractivity contribution is 5.79. The first kappa shape index (κ1) is 19.5. The number of imidazole rings is 1. The number of rotatable bonds is 4. The van der Waals surface area contributed by atoms with Crippen LogP contribution in [0.1, 0.15) is 25.1 Å². The molecular formula is C25H24N4O. The molecule has 30 heavy (non-hydrogen) atoms. The van der Waals surface area contributed by atoms with E-state index in [0.717, 1.165) is 45.1 Å². The van der Waals surface area contributed by atoms with Crippen molar-refractivity contribution < 1.29 is 4.74 Å². The van der Waals surface area contributed by atoms with Crippen LogP contribution in [0.3, 0.4) is 0 Å². The fraction of sp³-hybridized carbons (Fsp3) is 0.200. The minimum atomic E-state index is 0.372. The summed E-state index contributed by atoms with van der Waals surface area (Å²) in [7, 11) is 3.70. The average Bonchev–Trinajstić information content (AvgIpc) is 3.21. The quantitative estimate of drug-likeness (QED) is 0.500. The summed E-state index contributed by atoms with van der Waals surface area (Å²) in [5.74, 6) is 8.03. The van der Waals surface area contributed by atoms with E-state index in [1.807, 2.05) is 67.8 Å². The molecule has 0 aliphatic carbocycles. The maximum Gasteiger partial charge on any atom is 0.203 e. The number of fused-ring (bicyclic) bond motifs is 1. The number of pyridine rings is 1. The standard InChI is InChI=1S/C25H24N4O/c1-17(2)29(3)25-27-23-14-6-18(15-24(23)28-25)5-10-21-11-7-20(16-26-21)19-8-12-22(30-4)13-9-19/h6-9,11-17H,1-4H3,(H,27,28). The minimum absolute atomic E-state index is 0.372. The van der Waals surface area contributed by atoms with Gasteiger partial charge in [-0.05, 0) is 61.7 Å². The largest absolute Gasteiger partial charge is 0.497 e. The SMILES string of the molecule is COc1ccc(-c2ccc(C#Cc3ccc4[nH]c(N(C)C(C)C)nc4c3)nc2)cc1. The molecule has 4 rings (SSSR count). The summed E-state index contributed by atoms with van der Waals surface area (Å²) in [6.07, 6.45) is 1.84. The number of aromatic nitrogens is 3. The molecule has 5 heteroatoms. The number of methoxy groups -OCH3 is 1. The van der Waals surface area contributed by atoms with Crippen molar-refractivity contribution in [3.63, 3.8) is 0 Å². The molecule has 0 amide bonds. The smallest absolute Gasteiger partial charge is 0.203 e. The summed E-state index contributed by atoms with van der Waals surface area (Å²) in [6, 6.07) is 18.3. The first-order valence-corrected chi connectivity index (χ1v) is 9.88. The molecule has 150 valence electrons. The van der Waals surface area contributed by atoms with E-state index in [0.29, 0.717) is 6.04 Å². The van der Waals surface area contributed by atoms with Gasteiger partial charge in [-0.15, -0.1) is 0 Å². The lowest BCUT2D eigenvalue weighted by Gasteiger charge is -2.19. The molecule has 0 atom stereocenters. The molecular weight excluding hydrogens is 372 g/mol. The Labute approximate surface area is 176 Å². The molecule has 0 bridgehead atoms. The van der Waals surface area contributed by atoms with Crippen LogP contribution in [0.15, 0.2) is 60.8 Å². The second-order valence-corrected chi connectivity index (χ2v) is 7.41. The summed E-state index contributed by atoms with van der Waals surface area (Å²) >= 11 is 0. The highest BCUT2D eigenvalue weighted by Crippen LogP contribution is 2.22. The van der Waals surface area contributed by atoms with Crippen molar-refractivity contribution in [2.75, 3.05) is 19.1 Å². The lowest BCUT2D eigenvalue weighted by atomic mass is 10.1. The van der Waals surface area contributed by atoms with E-state index < -0.39 is 0 Å². The van der Waals surface area contributed by atoms with Gasteiger partial charge in [0.2, 0.25) is 5.95 Å². The molecule has 5 nitrogen and oxygen atoms in total. The van der Waals surface area contributed by atoms with Crippen molar-refractivity contribution in [1.82, 2.24) is 15.0 Å². The molecule has 2 aromatic carbocycles. The summed E-state index contributed by atoms with van der Waals surface area (Å²) < 4.78 is 5.21. The Bertz CT molecular complexity index is 1210. The molecule has 0 saturated carbocycles. The molecule has 0 spiro atoms. The zero-order valence-corrected chi connectivity index (χ0v) is 17.6. The minimum Gasteiger partial charge on any atom is -0.497 e. The van der Waals surface area contributed by atoms with Crippen molar-refractivity contribution >= 4 is 17.0 Å². The Morgan fingerprint density at radius 3 is 2.40 bits per heavy atom. The third kappa shape index (κ3) is 4.13. The molecule has 4 aromatic rings. The number of benzene rings is 2. The molecule has 0 aliphatic heterocycles. The number of nitrogens with zero attached hydrogens (tertiary/aromatic N) is 3. The van der Waals surface area contributed by atoms with Crippen LogP contribution in [0.4, 0.5) is 5.95 Å². The second-order valence-electron chi connectivity index (χ2n) is 7.41. The number of nitrogens with one attached hydrogen (secondary N) is 1. The maximum atomic E-state index is 5.21. The van der Waals surface area contributed by atoms with E-state index in [4.69, 9.17) is 4.74 Å². The van der Waals surface area contributed by atoms with Crippen LogP contribution < -0.4 is 9.64 Å². The van der Waals surface area contributed by atoms with E-state index in [1.54, 1.807) is 7.11 Å². The average molecular weight is 396 g/mol. The van der Waals surface area contributed by atoms with Crippen molar-refractivity contribution in [3.8, 4) is 28.7 Å². The van der Waals surface area contributed by atoms with Gasteiger partial charge in [-0.1, -0.05) is 24.1 Å². The zero-order valence-electron chi connectivity index (χ0n) is 17.6. The fourth-order valence-electron chi connectivity index (χ4n) is 3.04. The Kier molecular flexibility index (Phi) is 5.40. The van der Waals surface area contributed by atoms with Crippen molar-refractivity contribution in [1.29, 1.82) is 0 Å². The van der Waals surface area contributed by atoms with E-state index in [2.05, 4.69) is 45.5 Å². The molecule has 0 fully saturated rings. The van der Waals surface area contributed by atoms with Gasteiger partial charge in [-0.25, -0.2) is 9.97 Å². The zero-order chi connectivity index (χ0) is 21.1. The summed E-state index contributed by atoms with van der Waals surface area (Å²) in [5.41, 5.74) is 5.69. The lowest BCUT2D eigenvalue weighted by Crippen LogP contribution is -2.26. The Hall–Kier alpha value is -3.78. The predicted molar refractivity (Wildman–Crippen MR) is 122 cm³/mol. The van der Waals surface area contributed by atoms with Gasteiger partial charge in [0.15, 0.2) is 0 Å². The molecule has 0 aliphatic rings. The van der Waals surface area contributed by atoms with Crippen LogP contribution >= 0.6 is 0 Å². The fourth-order valence-corrected chi connectivity index (χ4v) is 3.04. The third-order valence-corrected chi connectivity index (χ3v) is 5.10. The van der Waals surface area contributed by atoms with Crippen molar-refractivity contribution in [2.24, 2.45) is 0 Å².